The van der Waals surface area contributed by atoms with Crippen LogP contribution in [0.4, 0.5) is 5.69 Å². The van der Waals surface area contributed by atoms with Crippen LogP contribution in [0.15, 0.2) is 48.5 Å². The molecule has 0 aromatic heterocycles. The zero-order valence-corrected chi connectivity index (χ0v) is 15.0. The van der Waals surface area contributed by atoms with Gasteiger partial charge in [0, 0.05) is 37.6 Å². The fourth-order valence-electron chi connectivity index (χ4n) is 2.28. The molecule has 0 bridgehead atoms. The number of nitrogens with one attached hydrogen (secondary N) is 1. The van der Waals surface area contributed by atoms with Gasteiger partial charge in [0.2, 0.25) is 0 Å². The van der Waals surface area contributed by atoms with Gasteiger partial charge in [-0.05, 0) is 25.1 Å². The summed E-state index contributed by atoms with van der Waals surface area (Å²) in [4.78, 5) is 0. The monoisotopic (exact) mass is 345 g/mol. The molecule has 5 heteroatoms. The molecule has 0 saturated carbocycles. The van der Waals surface area contributed by atoms with Gasteiger partial charge in [-0.25, -0.2) is 0 Å². The molecule has 2 aromatic carbocycles. The standard InChI is InChI=1S/C20H27NO4/c1-3-23-12-14-25-20-10-5-4-7-17(20)16-21-18-8-6-9-19(15-18)24-13-11-22-2/h4-10,15,21H,3,11-14,16H2,1-2H3. The first-order valence-electron chi connectivity index (χ1n) is 8.57. The van der Waals surface area contributed by atoms with Crippen LogP contribution in [0.5, 0.6) is 11.5 Å². The van der Waals surface area contributed by atoms with Crippen LogP contribution in [0.1, 0.15) is 12.5 Å². The van der Waals surface area contributed by atoms with Crippen LogP contribution in [0.25, 0.3) is 0 Å². The van der Waals surface area contributed by atoms with Gasteiger partial charge >= 0.3 is 0 Å². The first kappa shape index (κ1) is 19.1. The van der Waals surface area contributed by atoms with Crippen molar-refractivity contribution in [2.45, 2.75) is 13.5 Å². The van der Waals surface area contributed by atoms with Crippen LogP contribution in [0.3, 0.4) is 0 Å². The van der Waals surface area contributed by atoms with E-state index in [0.717, 1.165) is 22.7 Å². The summed E-state index contributed by atoms with van der Waals surface area (Å²) >= 11 is 0. The first-order valence-corrected chi connectivity index (χ1v) is 8.57. The molecule has 0 aliphatic rings. The molecule has 136 valence electrons. The largest absolute Gasteiger partial charge is 0.491 e. The lowest BCUT2D eigenvalue weighted by Crippen LogP contribution is -2.09. The predicted octanol–water partition coefficient (Wildman–Crippen LogP) is 3.74. The summed E-state index contributed by atoms with van der Waals surface area (Å²) in [7, 11) is 1.66. The molecule has 0 spiro atoms. The topological polar surface area (TPSA) is 49.0 Å². The number of methoxy groups -OCH3 is 1. The van der Waals surface area contributed by atoms with Gasteiger partial charge in [-0.2, -0.15) is 0 Å². The lowest BCUT2D eigenvalue weighted by Gasteiger charge is -2.13. The van der Waals surface area contributed by atoms with Crippen LogP contribution in [0, 0.1) is 0 Å². The second kappa shape index (κ2) is 11.3. The Labute approximate surface area is 149 Å². The summed E-state index contributed by atoms with van der Waals surface area (Å²) in [5.41, 5.74) is 2.10. The van der Waals surface area contributed by atoms with Crippen molar-refractivity contribution < 1.29 is 18.9 Å². The number of benzene rings is 2. The highest BCUT2D eigenvalue weighted by atomic mass is 16.5. The average Bonchev–Trinajstić information content (AvgIpc) is 2.65. The molecule has 2 aromatic rings. The van der Waals surface area contributed by atoms with E-state index in [9.17, 15) is 0 Å². The molecule has 5 nitrogen and oxygen atoms in total. The molecule has 0 radical (unpaired) electrons. The highest BCUT2D eigenvalue weighted by Gasteiger charge is 2.04. The number of para-hydroxylation sites is 1. The third kappa shape index (κ3) is 7.03. The van der Waals surface area contributed by atoms with Crippen molar-refractivity contribution in [3.8, 4) is 11.5 Å². The lowest BCUT2D eigenvalue weighted by molar-refractivity contribution is 0.110. The van der Waals surface area contributed by atoms with E-state index >= 15 is 0 Å². The number of anilines is 1. The molecule has 0 amide bonds. The van der Waals surface area contributed by atoms with Gasteiger partial charge in [0.1, 0.15) is 24.7 Å². The van der Waals surface area contributed by atoms with Crippen LogP contribution >= 0.6 is 0 Å². The van der Waals surface area contributed by atoms with Crippen molar-refractivity contribution in [1.82, 2.24) is 0 Å². The van der Waals surface area contributed by atoms with Crippen molar-refractivity contribution in [3.63, 3.8) is 0 Å². The normalized spacial score (nSPS) is 10.5. The van der Waals surface area contributed by atoms with Gasteiger partial charge in [0.25, 0.3) is 0 Å². The van der Waals surface area contributed by atoms with Gasteiger partial charge in [0.05, 0.1) is 13.2 Å². The first-order chi connectivity index (χ1) is 12.3. The van der Waals surface area contributed by atoms with Crippen LogP contribution < -0.4 is 14.8 Å². The number of ether oxygens (including phenoxy) is 4. The van der Waals surface area contributed by atoms with E-state index < -0.39 is 0 Å². The number of hydrogen-bond acceptors (Lipinski definition) is 5. The molecule has 0 aliphatic heterocycles. The second-order valence-corrected chi connectivity index (χ2v) is 5.38. The zero-order chi connectivity index (χ0) is 17.7. The maximum Gasteiger partial charge on any atom is 0.124 e. The number of rotatable bonds is 12. The summed E-state index contributed by atoms with van der Waals surface area (Å²) in [5.74, 6) is 1.70. The van der Waals surface area contributed by atoms with Gasteiger partial charge in [-0.15, -0.1) is 0 Å². The van der Waals surface area contributed by atoms with Gasteiger partial charge in [0.15, 0.2) is 0 Å². The van der Waals surface area contributed by atoms with Crippen molar-refractivity contribution in [2.75, 3.05) is 45.5 Å². The summed E-state index contributed by atoms with van der Waals surface area (Å²) in [6.07, 6.45) is 0. The average molecular weight is 345 g/mol. The Hall–Kier alpha value is -2.24. The highest BCUT2D eigenvalue weighted by Crippen LogP contribution is 2.22. The van der Waals surface area contributed by atoms with E-state index in [4.69, 9.17) is 18.9 Å². The summed E-state index contributed by atoms with van der Waals surface area (Å²) in [5, 5.41) is 3.41. The summed E-state index contributed by atoms with van der Waals surface area (Å²) in [6, 6.07) is 15.9. The van der Waals surface area contributed by atoms with Crippen molar-refractivity contribution >= 4 is 5.69 Å². The maximum atomic E-state index is 5.81. The third-order valence-corrected chi connectivity index (χ3v) is 3.54. The molecular formula is C20H27NO4. The van der Waals surface area contributed by atoms with E-state index in [1.54, 1.807) is 7.11 Å². The van der Waals surface area contributed by atoms with Gasteiger partial charge in [-0.1, -0.05) is 24.3 Å². The van der Waals surface area contributed by atoms with Crippen LogP contribution in [-0.2, 0) is 16.0 Å². The molecule has 0 atom stereocenters. The van der Waals surface area contributed by atoms with Crippen molar-refractivity contribution in [3.05, 3.63) is 54.1 Å². The Balaban J connectivity index is 1.89. The van der Waals surface area contributed by atoms with Gasteiger partial charge in [-0.3, -0.25) is 0 Å². The molecular weight excluding hydrogens is 318 g/mol. The molecule has 1 N–H and O–H groups in total. The minimum atomic E-state index is 0.538. The fourth-order valence-corrected chi connectivity index (χ4v) is 2.28. The van der Waals surface area contributed by atoms with Crippen molar-refractivity contribution in [2.24, 2.45) is 0 Å². The minimum Gasteiger partial charge on any atom is -0.491 e. The van der Waals surface area contributed by atoms with E-state index in [-0.39, 0.29) is 0 Å². The van der Waals surface area contributed by atoms with Crippen molar-refractivity contribution in [1.29, 1.82) is 0 Å². The second-order valence-electron chi connectivity index (χ2n) is 5.38. The molecule has 25 heavy (non-hydrogen) atoms. The molecule has 0 unspecified atom stereocenters. The summed E-state index contributed by atoms with van der Waals surface area (Å²) in [6.45, 7) is 5.61. The SMILES string of the molecule is CCOCCOc1ccccc1CNc1cccc(OCCOC)c1. The molecule has 0 aliphatic carbocycles. The van der Waals surface area contributed by atoms with E-state index in [1.165, 1.54) is 0 Å². The smallest absolute Gasteiger partial charge is 0.124 e. The summed E-state index contributed by atoms with van der Waals surface area (Å²) < 4.78 is 21.8. The van der Waals surface area contributed by atoms with Gasteiger partial charge < -0.3 is 24.3 Å². The molecule has 0 saturated heterocycles. The third-order valence-electron chi connectivity index (χ3n) is 3.54. The zero-order valence-electron chi connectivity index (χ0n) is 15.0. The van der Waals surface area contributed by atoms with E-state index in [1.807, 2.05) is 49.4 Å². The Morgan fingerprint density at radius 3 is 2.56 bits per heavy atom. The Bertz CT molecular complexity index is 618. The van der Waals surface area contributed by atoms with E-state index in [0.29, 0.717) is 39.6 Å². The van der Waals surface area contributed by atoms with Crippen LogP contribution in [-0.4, -0.2) is 40.1 Å². The Kier molecular flexibility index (Phi) is 8.66. The predicted molar refractivity (Wildman–Crippen MR) is 99.6 cm³/mol. The number of hydrogen-bond donors (Lipinski definition) is 1. The molecule has 0 fully saturated rings. The Morgan fingerprint density at radius 2 is 1.72 bits per heavy atom. The lowest BCUT2D eigenvalue weighted by atomic mass is 10.2. The minimum absolute atomic E-state index is 0.538. The fraction of sp³-hybridized carbons (Fsp3) is 0.400. The maximum absolute atomic E-state index is 5.81. The van der Waals surface area contributed by atoms with Crippen LogP contribution in [0.2, 0.25) is 0 Å². The Morgan fingerprint density at radius 1 is 0.880 bits per heavy atom. The highest BCUT2D eigenvalue weighted by molar-refractivity contribution is 5.49. The quantitative estimate of drug-likeness (QED) is 0.594. The molecule has 0 heterocycles. The van der Waals surface area contributed by atoms with E-state index in [2.05, 4.69) is 11.4 Å². The molecule has 2 rings (SSSR count).